The third-order valence-corrected chi connectivity index (χ3v) is 3.01. The number of hydrogen-bond acceptors (Lipinski definition) is 4. The molecule has 1 aromatic rings. The number of carbonyl (C=O) groups excluding carboxylic acids is 1. The molecule has 1 aliphatic rings. The number of ether oxygens (including phenoxy) is 1. The maximum absolute atomic E-state index is 12.3. The number of nitrogens with two attached hydrogens (primary N) is 1. The van der Waals surface area contributed by atoms with Crippen LogP contribution in [0.4, 0.5) is 5.69 Å². The molecule has 1 saturated heterocycles. The SMILES string of the molecule is CC1CN(C(=O)c2ccc(NN)cc2)CC(C)O1. The highest BCUT2D eigenvalue weighted by Crippen LogP contribution is 2.15. The van der Waals surface area contributed by atoms with E-state index >= 15 is 0 Å². The first-order valence-electron chi connectivity index (χ1n) is 6.11. The van der Waals surface area contributed by atoms with Gasteiger partial charge in [0.25, 0.3) is 5.91 Å². The smallest absolute Gasteiger partial charge is 0.254 e. The number of anilines is 1. The summed E-state index contributed by atoms with van der Waals surface area (Å²) in [6.45, 7) is 5.24. The second kappa shape index (κ2) is 5.37. The van der Waals surface area contributed by atoms with E-state index in [0.717, 1.165) is 5.69 Å². The fourth-order valence-electron chi connectivity index (χ4n) is 2.24. The van der Waals surface area contributed by atoms with Crippen LogP contribution in [0.2, 0.25) is 0 Å². The standard InChI is InChI=1S/C13H19N3O2/c1-9-7-16(8-10(2)18-9)13(17)11-3-5-12(15-14)6-4-11/h3-6,9-10,15H,7-8,14H2,1-2H3. The molecule has 1 fully saturated rings. The first-order valence-corrected chi connectivity index (χ1v) is 6.11. The number of carbonyl (C=O) groups is 1. The Morgan fingerprint density at radius 1 is 1.28 bits per heavy atom. The highest BCUT2D eigenvalue weighted by atomic mass is 16.5. The fraction of sp³-hybridized carbons (Fsp3) is 0.462. The monoisotopic (exact) mass is 249 g/mol. The molecule has 2 rings (SSSR count). The van der Waals surface area contributed by atoms with Gasteiger partial charge in [0.1, 0.15) is 0 Å². The minimum atomic E-state index is 0.0422. The number of hydrogen-bond donors (Lipinski definition) is 2. The van der Waals surface area contributed by atoms with Crippen LogP contribution in [-0.2, 0) is 4.74 Å². The van der Waals surface area contributed by atoms with Crippen LogP contribution >= 0.6 is 0 Å². The van der Waals surface area contributed by atoms with Crippen LogP contribution in [0.15, 0.2) is 24.3 Å². The average molecular weight is 249 g/mol. The van der Waals surface area contributed by atoms with Gasteiger partial charge >= 0.3 is 0 Å². The summed E-state index contributed by atoms with van der Waals surface area (Å²) in [5, 5.41) is 0. The largest absolute Gasteiger partial charge is 0.372 e. The molecule has 0 aliphatic carbocycles. The van der Waals surface area contributed by atoms with Gasteiger partial charge in [0.05, 0.1) is 12.2 Å². The molecule has 1 aromatic carbocycles. The van der Waals surface area contributed by atoms with Gasteiger partial charge in [-0.05, 0) is 38.1 Å². The van der Waals surface area contributed by atoms with Crippen molar-refractivity contribution in [3.8, 4) is 0 Å². The first kappa shape index (κ1) is 12.9. The van der Waals surface area contributed by atoms with Gasteiger partial charge in [0.15, 0.2) is 0 Å². The molecule has 2 atom stereocenters. The second-order valence-electron chi connectivity index (χ2n) is 4.69. The van der Waals surface area contributed by atoms with Crippen molar-refractivity contribution in [3.63, 3.8) is 0 Å². The number of rotatable bonds is 2. The minimum absolute atomic E-state index is 0.0422. The Morgan fingerprint density at radius 3 is 2.33 bits per heavy atom. The van der Waals surface area contributed by atoms with Gasteiger partial charge in [-0.15, -0.1) is 0 Å². The van der Waals surface area contributed by atoms with Crippen molar-refractivity contribution in [3.05, 3.63) is 29.8 Å². The Balaban J connectivity index is 2.09. The van der Waals surface area contributed by atoms with Crippen LogP contribution < -0.4 is 11.3 Å². The zero-order valence-electron chi connectivity index (χ0n) is 10.7. The molecule has 98 valence electrons. The fourth-order valence-corrected chi connectivity index (χ4v) is 2.24. The summed E-state index contributed by atoms with van der Waals surface area (Å²) >= 11 is 0. The highest BCUT2D eigenvalue weighted by molar-refractivity contribution is 5.94. The van der Waals surface area contributed by atoms with Gasteiger partial charge < -0.3 is 15.1 Å². The van der Waals surface area contributed by atoms with Crippen molar-refractivity contribution < 1.29 is 9.53 Å². The van der Waals surface area contributed by atoms with Crippen LogP contribution in [0.5, 0.6) is 0 Å². The lowest BCUT2D eigenvalue weighted by Crippen LogP contribution is -2.48. The second-order valence-corrected chi connectivity index (χ2v) is 4.69. The predicted octanol–water partition coefficient (Wildman–Crippen LogP) is 1.22. The van der Waals surface area contributed by atoms with Gasteiger partial charge in [-0.3, -0.25) is 10.6 Å². The number of benzene rings is 1. The molecular formula is C13H19N3O2. The molecule has 5 nitrogen and oxygen atoms in total. The molecule has 1 amide bonds. The Labute approximate surface area is 107 Å². The molecule has 1 aliphatic heterocycles. The number of nitrogens with one attached hydrogen (secondary N) is 1. The van der Waals surface area contributed by atoms with Gasteiger partial charge in [-0.25, -0.2) is 0 Å². The van der Waals surface area contributed by atoms with E-state index in [0.29, 0.717) is 18.7 Å². The highest BCUT2D eigenvalue weighted by Gasteiger charge is 2.26. The first-order chi connectivity index (χ1) is 8.60. The van der Waals surface area contributed by atoms with E-state index in [4.69, 9.17) is 10.6 Å². The van der Waals surface area contributed by atoms with E-state index in [2.05, 4.69) is 5.43 Å². The lowest BCUT2D eigenvalue weighted by Gasteiger charge is -2.35. The van der Waals surface area contributed by atoms with Crippen molar-refractivity contribution in [2.24, 2.45) is 5.84 Å². The van der Waals surface area contributed by atoms with Gasteiger partial charge in [0.2, 0.25) is 0 Å². The molecule has 0 bridgehead atoms. The maximum atomic E-state index is 12.3. The molecule has 0 radical (unpaired) electrons. The third kappa shape index (κ3) is 2.80. The van der Waals surface area contributed by atoms with E-state index in [1.165, 1.54) is 0 Å². The normalized spacial score (nSPS) is 23.8. The number of nitrogens with zero attached hydrogens (tertiary/aromatic N) is 1. The predicted molar refractivity (Wildman–Crippen MR) is 70.2 cm³/mol. The summed E-state index contributed by atoms with van der Waals surface area (Å²) in [5.41, 5.74) is 4.01. The van der Waals surface area contributed by atoms with Crippen molar-refractivity contribution in [1.29, 1.82) is 0 Å². The quantitative estimate of drug-likeness (QED) is 0.611. The minimum Gasteiger partial charge on any atom is -0.372 e. The number of morpholine rings is 1. The average Bonchev–Trinajstić information content (AvgIpc) is 2.37. The summed E-state index contributed by atoms with van der Waals surface area (Å²) in [7, 11) is 0. The summed E-state index contributed by atoms with van der Waals surface area (Å²) < 4.78 is 5.62. The lowest BCUT2D eigenvalue weighted by molar-refractivity contribution is -0.0586. The zero-order valence-corrected chi connectivity index (χ0v) is 10.7. The number of hydrazine groups is 1. The number of amides is 1. The van der Waals surface area contributed by atoms with Gasteiger partial charge in [-0.1, -0.05) is 0 Å². The lowest BCUT2D eigenvalue weighted by atomic mass is 10.1. The molecular weight excluding hydrogens is 230 g/mol. The van der Waals surface area contributed by atoms with E-state index in [1.54, 1.807) is 24.3 Å². The Hall–Kier alpha value is -1.59. The van der Waals surface area contributed by atoms with Crippen LogP contribution in [0.25, 0.3) is 0 Å². The van der Waals surface area contributed by atoms with E-state index in [-0.39, 0.29) is 18.1 Å². The van der Waals surface area contributed by atoms with Crippen LogP contribution in [0, 0.1) is 0 Å². The molecule has 0 saturated carbocycles. The molecule has 18 heavy (non-hydrogen) atoms. The molecule has 3 N–H and O–H groups in total. The Kier molecular flexibility index (Phi) is 3.84. The molecule has 2 unspecified atom stereocenters. The molecule has 0 spiro atoms. The third-order valence-electron chi connectivity index (χ3n) is 3.01. The summed E-state index contributed by atoms with van der Waals surface area (Å²) in [6.07, 6.45) is 0.172. The zero-order chi connectivity index (χ0) is 13.1. The van der Waals surface area contributed by atoms with E-state index in [1.807, 2.05) is 18.7 Å². The van der Waals surface area contributed by atoms with Crippen LogP contribution in [-0.4, -0.2) is 36.1 Å². The maximum Gasteiger partial charge on any atom is 0.254 e. The Bertz CT molecular complexity index is 409. The van der Waals surface area contributed by atoms with E-state index in [9.17, 15) is 4.79 Å². The van der Waals surface area contributed by atoms with Crippen LogP contribution in [0.1, 0.15) is 24.2 Å². The Morgan fingerprint density at radius 2 is 1.83 bits per heavy atom. The van der Waals surface area contributed by atoms with Crippen molar-refractivity contribution in [2.45, 2.75) is 26.1 Å². The topological polar surface area (TPSA) is 67.6 Å². The van der Waals surface area contributed by atoms with Gasteiger partial charge in [-0.2, -0.15) is 0 Å². The molecule has 5 heteroatoms. The summed E-state index contributed by atoms with van der Waals surface area (Å²) in [6, 6.07) is 7.14. The summed E-state index contributed by atoms with van der Waals surface area (Å²) in [4.78, 5) is 14.1. The molecule has 1 heterocycles. The van der Waals surface area contributed by atoms with Crippen molar-refractivity contribution in [1.82, 2.24) is 4.90 Å². The van der Waals surface area contributed by atoms with Crippen molar-refractivity contribution >= 4 is 11.6 Å². The number of nitrogen functional groups attached to an aromatic ring is 1. The van der Waals surface area contributed by atoms with Crippen LogP contribution in [0.3, 0.4) is 0 Å². The molecule has 0 aromatic heterocycles. The summed E-state index contributed by atoms with van der Waals surface area (Å²) in [5.74, 6) is 5.34. The van der Waals surface area contributed by atoms with E-state index < -0.39 is 0 Å². The van der Waals surface area contributed by atoms with Gasteiger partial charge in [0, 0.05) is 24.3 Å². The van der Waals surface area contributed by atoms with Crippen molar-refractivity contribution in [2.75, 3.05) is 18.5 Å².